The number of carbonyl (C=O) groups excluding carboxylic acids is 3. The number of esters is 2. The Labute approximate surface area is 173 Å². The molecule has 0 radical (unpaired) electrons. The van der Waals surface area contributed by atoms with E-state index in [4.69, 9.17) is 14.2 Å². The van der Waals surface area contributed by atoms with Crippen LogP contribution in [0.15, 0.2) is 23.6 Å². The SMILES string of the molecule is CCOC(=O)c1csc(NC(=O)C2CCc3ccc(OC)cc32)c1C(=O)OCC. The minimum Gasteiger partial charge on any atom is -0.497 e. The van der Waals surface area contributed by atoms with Gasteiger partial charge in [0.2, 0.25) is 5.91 Å². The maximum atomic E-state index is 13.0. The van der Waals surface area contributed by atoms with Crippen LogP contribution >= 0.6 is 11.3 Å². The monoisotopic (exact) mass is 417 g/mol. The number of benzene rings is 1. The Kier molecular flexibility index (Phi) is 6.53. The number of amides is 1. The fourth-order valence-electron chi connectivity index (χ4n) is 3.39. The standard InChI is InChI=1S/C21H23NO6S/c1-4-27-20(24)16-11-29-19(17(16)21(25)28-5-2)22-18(23)14-9-7-12-6-8-13(26-3)10-15(12)14/h6,8,10-11,14H,4-5,7,9H2,1-3H3,(H,22,23). The highest BCUT2D eigenvalue weighted by molar-refractivity contribution is 7.15. The van der Waals surface area contributed by atoms with Gasteiger partial charge in [0.05, 0.1) is 31.8 Å². The number of thiophene rings is 1. The van der Waals surface area contributed by atoms with Gasteiger partial charge in [-0.1, -0.05) is 6.07 Å². The van der Waals surface area contributed by atoms with Crippen molar-refractivity contribution in [3.8, 4) is 5.75 Å². The van der Waals surface area contributed by atoms with Gasteiger partial charge in [-0.2, -0.15) is 0 Å². The average Bonchev–Trinajstić information content (AvgIpc) is 3.31. The first-order chi connectivity index (χ1) is 14.0. The molecule has 1 N–H and O–H groups in total. The Morgan fingerprint density at radius 2 is 1.86 bits per heavy atom. The molecule has 154 valence electrons. The third-order valence-corrected chi connectivity index (χ3v) is 5.65. The topological polar surface area (TPSA) is 90.9 Å². The van der Waals surface area contributed by atoms with E-state index in [2.05, 4.69) is 5.32 Å². The average molecular weight is 417 g/mol. The van der Waals surface area contributed by atoms with Crippen LogP contribution < -0.4 is 10.1 Å². The number of ether oxygens (including phenoxy) is 3. The van der Waals surface area contributed by atoms with Crippen molar-refractivity contribution in [2.24, 2.45) is 0 Å². The highest BCUT2D eigenvalue weighted by atomic mass is 32.1. The summed E-state index contributed by atoms with van der Waals surface area (Å²) in [5.74, 6) is -1.19. The maximum absolute atomic E-state index is 13.0. The van der Waals surface area contributed by atoms with Crippen LogP contribution in [-0.2, 0) is 20.7 Å². The fourth-order valence-corrected chi connectivity index (χ4v) is 4.31. The van der Waals surface area contributed by atoms with Gasteiger partial charge >= 0.3 is 11.9 Å². The number of anilines is 1. The molecule has 1 heterocycles. The fraction of sp³-hybridized carbons (Fsp3) is 0.381. The zero-order valence-corrected chi connectivity index (χ0v) is 17.4. The molecule has 29 heavy (non-hydrogen) atoms. The van der Waals surface area contributed by atoms with Crippen LogP contribution in [0, 0.1) is 0 Å². The number of rotatable bonds is 7. The molecule has 1 aliphatic carbocycles. The van der Waals surface area contributed by atoms with Gasteiger partial charge in [0.25, 0.3) is 0 Å². The molecule has 0 bridgehead atoms. The zero-order valence-electron chi connectivity index (χ0n) is 16.6. The van der Waals surface area contributed by atoms with E-state index in [9.17, 15) is 14.4 Å². The lowest BCUT2D eigenvalue weighted by atomic mass is 10.00. The lowest BCUT2D eigenvalue weighted by Crippen LogP contribution is -2.21. The van der Waals surface area contributed by atoms with Crippen LogP contribution in [-0.4, -0.2) is 38.2 Å². The van der Waals surface area contributed by atoms with E-state index >= 15 is 0 Å². The quantitative estimate of drug-likeness (QED) is 0.690. The number of nitrogens with one attached hydrogen (secondary N) is 1. The second-order valence-electron chi connectivity index (χ2n) is 6.44. The normalized spacial score (nSPS) is 14.8. The summed E-state index contributed by atoms with van der Waals surface area (Å²) in [5.41, 5.74) is 2.16. The summed E-state index contributed by atoms with van der Waals surface area (Å²) in [6, 6.07) is 5.72. The first-order valence-electron chi connectivity index (χ1n) is 9.43. The summed E-state index contributed by atoms with van der Waals surface area (Å²) in [6.07, 6.45) is 1.46. The number of carbonyl (C=O) groups is 3. The van der Waals surface area contributed by atoms with Crippen molar-refractivity contribution in [3.05, 3.63) is 45.8 Å². The van der Waals surface area contributed by atoms with Crippen molar-refractivity contribution in [1.82, 2.24) is 0 Å². The van der Waals surface area contributed by atoms with Crippen LogP contribution in [0.3, 0.4) is 0 Å². The molecule has 7 nitrogen and oxygen atoms in total. The Balaban J connectivity index is 1.88. The Bertz CT molecular complexity index is 935. The largest absolute Gasteiger partial charge is 0.497 e. The minimum absolute atomic E-state index is 0.0347. The van der Waals surface area contributed by atoms with E-state index in [1.54, 1.807) is 21.0 Å². The number of methoxy groups -OCH3 is 1. The molecule has 0 saturated carbocycles. The molecule has 0 spiro atoms. The number of hydrogen-bond acceptors (Lipinski definition) is 7. The Hall–Kier alpha value is -2.87. The van der Waals surface area contributed by atoms with E-state index in [1.807, 2.05) is 18.2 Å². The van der Waals surface area contributed by atoms with Crippen molar-refractivity contribution in [2.75, 3.05) is 25.6 Å². The second-order valence-corrected chi connectivity index (χ2v) is 7.32. The van der Waals surface area contributed by atoms with Crippen LogP contribution in [0.4, 0.5) is 5.00 Å². The summed E-state index contributed by atoms with van der Waals surface area (Å²) in [4.78, 5) is 37.7. The van der Waals surface area contributed by atoms with Gasteiger partial charge in [-0.25, -0.2) is 9.59 Å². The molecule has 0 saturated heterocycles. The third-order valence-electron chi connectivity index (χ3n) is 4.75. The lowest BCUT2D eigenvalue weighted by molar-refractivity contribution is -0.117. The van der Waals surface area contributed by atoms with E-state index < -0.39 is 11.9 Å². The van der Waals surface area contributed by atoms with Crippen LogP contribution in [0.5, 0.6) is 5.75 Å². The number of aryl methyl sites for hydroxylation is 1. The van der Waals surface area contributed by atoms with Crippen molar-refractivity contribution < 1.29 is 28.6 Å². The van der Waals surface area contributed by atoms with Crippen LogP contribution in [0.25, 0.3) is 0 Å². The number of fused-ring (bicyclic) bond motifs is 1. The highest BCUT2D eigenvalue weighted by Gasteiger charge is 2.32. The van der Waals surface area contributed by atoms with Gasteiger partial charge in [0.15, 0.2) is 0 Å². The van der Waals surface area contributed by atoms with Crippen LogP contribution in [0.2, 0.25) is 0 Å². The van der Waals surface area contributed by atoms with Gasteiger partial charge in [-0.3, -0.25) is 4.79 Å². The van der Waals surface area contributed by atoms with Gasteiger partial charge in [0, 0.05) is 5.38 Å². The Morgan fingerprint density at radius 3 is 2.55 bits per heavy atom. The molecule has 1 amide bonds. The molecule has 3 rings (SSSR count). The lowest BCUT2D eigenvalue weighted by Gasteiger charge is -2.13. The van der Waals surface area contributed by atoms with Crippen molar-refractivity contribution in [3.63, 3.8) is 0 Å². The summed E-state index contributed by atoms with van der Waals surface area (Å²) >= 11 is 1.10. The van der Waals surface area contributed by atoms with Crippen LogP contribution in [0.1, 0.15) is 58.0 Å². The molecule has 0 fully saturated rings. The van der Waals surface area contributed by atoms with Crippen molar-refractivity contribution in [2.45, 2.75) is 32.6 Å². The highest BCUT2D eigenvalue weighted by Crippen LogP contribution is 2.37. The van der Waals surface area contributed by atoms with Gasteiger partial charge in [0.1, 0.15) is 16.3 Å². The molecule has 1 aromatic carbocycles. The predicted octanol–water partition coefficient (Wildman–Crippen LogP) is 3.78. The molecule has 1 atom stereocenters. The van der Waals surface area contributed by atoms with Gasteiger partial charge in [-0.05, 0) is 49.9 Å². The van der Waals surface area contributed by atoms with Crippen molar-refractivity contribution >= 4 is 34.2 Å². The van der Waals surface area contributed by atoms with Crippen molar-refractivity contribution in [1.29, 1.82) is 0 Å². The molecule has 0 aliphatic heterocycles. The molecule has 1 aliphatic rings. The first-order valence-corrected chi connectivity index (χ1v) is 10.3. The molecule has 8 heteroatoms. The van der Waals surface area contributed by atoms with Gasteiger partial charge < -0.3 is 19.5 Å². The Morgan fingerprint density at radius 1 is 1.14 bits per heavy atom. The summed E-state index contributed by atoms with van der Waals surface area (Å²) in [7, 11) is 1.58. The minimum atomic E-state index is -0.666. The molecule has 1 unspecified atom stereocenters. The molecule has 1 aromatic heterocycles. The molecule has 2 aromatic rings. The molecular weight excluding hydrogens is 394 g/mol. The summed E-state index contributed by atoms with van der Waals surface area (Å²) < 4.78 is 15.4. The number of hydrogen-bond donors (Lipinski definition) is 1. The van der Waals surface area contributed by atoms with E-state index in [1.165, 1.54) is 5.38 Å². The van der Waals surface area contributed by atoms with E-state index in [0.717, 1.165) is 28.9 Å². The molecular formula is C21H23NO6S. The third kappa shape index (κ3) is 4.27. The van der Waals surface area contributed by atoms with E-state index in [-0.39, 0.29) is 41.2 Å². The summed E-state index contributed by atoms with van der Waals surface area (Å²) in [5, 5.41) is 4.61. The second kappa shape index (κ2) is 9.09. The smallest absolute Gasteiger partial charge is 0.342 e. The first kappa shape index (κ1) is 20.9. The predicted molar refractivity (Wildman–Crippen MR) is 109 cm³/mol. The van der Waals surface area contributed by atoms with E-state index in [0.29, 0.717) is 12.2 Å². The summed E-state index contributed by atoms with van der Waals surface area (Å²) in [6.45, 7) is 3.69. The van der Waals surface area contributed by atoms with Gasteiger partial charge in [-0.15, -0.1) is 11.3 Å². The zero-order chi connectivity index (χ0) is 21.0. The maximum Gasteiger partial charge on any atom is 0.342 e.